The number of β-amino-alcohol motifs (C(OH)–C–C–N with tert-alkyl or cyclic N) is 1. The van der Waals surface area contributed by atoms with Gasteiger partial charge in [-0.05, 0) is 30.5 Å². The second kappa shape index (κ2) is 9.76. The van der Waals surface area contributed by atoms with Gasteiger partial charge in [0.2, 0.25) is 15.9 Å². The Kier molecular flexibility index (Phi) is 7.30. The first-order chi connectivity index (χ1) is 14.6. The standard InChI is InChI=1S/C22H30N4O4S/c1-16-11-18(23-13-20(16)24-31(3,29)30)12-22(28)25(2)21(17-7-5-4-6-8-17)15-26-10-9-19(27)14-26/h4-8,11,13,19,21,24,27H,9-10,12,14-15H2,1-3H3. The normalized spacial score (nSPS) is 18.0. The topological polar surface area (TPSA) is 103 Å². The Morgan fingerprint density at radius 2 is 2.06 bits per heavy atom. The van der Waals surface area contributed by atoms with E-state index in [4.69, 9.17) is 0 Å². The SMILES string of the molecule is Cc1cc(CC(=O)N(C)C(CN2CCC(O)C2)c2ccccc2)ncc1NS(C)(=O)=O. The molecule has 1 aliphatic heterocycles. The number of anilines is 1. The van der Waals surface area contributed by atoms with E-state index in [0.717, 1.165) is 24.8 Å². The fraction of sp³-hybridized carbons (Fsp3) is 0.455. The summed E-state index contributed by atoms with van der Waals surface area (Å²) in [6.07, 6.45) is 3.07. The number of amides is 1. The molecule has 2 aromatic rings. The number of aryl methyl sites for hydroxylation is 1. The lowest BCUT2D eigenvalue weighted by molar-refractivity contribution is -0.131. The van der Waals surface area contributed by atoms with E-state index in [-0.39, 0.29) is 24.5 Å². The third kappa shape index (κ3) is 6.49. The van der Waals surface area contributed by atoms with E-state index < -0.39 is 10.0 Å². The van der Waals surface area contributed by atoms with Crippen LogP contribution in [0.4, 0.5) is 5.69 Å². The number of carbonyl (C=O) groups is 1. The van der Waals surface area contributed by atoms with Crippen LogP contribution in [0.1, 0.15) is 29.3 Å². The number of hydrogen-bond acceptors (Lipinski definition) is 6. The highest BCUT2D eigenvalue weighted by atomic mass is 32.2. The van der Waals surface area contributed by atoms with Crippen LogP contribution < -0.4 is 4.72 Å². The molecule has 1 aromatic carbocycles. The van der Waals surface area contributed by atoms with Crippen LogP contribution in [-0.2, 0) is 21.2 Å². The molecule has 2 atom stereocenters. The Hall–Kier alpha value is -2.49. The average Bonchev–Trinajstić information content (AvgIpc) is 3.12. The second-order valence-electron chi connectivity index (χ2n) is 8.17. The Morgan fingerprint density at radius 3 is 2.65 bits per heavy atom. The zero-order valence-electron chi connectivity index (χ0n) is 18.2. The van der Waals surface area contributed by atoms with Gasteiger partial charge in [0, 0.05) is 26.7 Å². The van der Waals surface area contributed by atoms with Gasteiger partial charge in [-0.15, -0.1) is 0 Å². The van der Waals surface area contributed by atoms with Gasteiger partial charge in [-0.1, -0.05) is 30.3 Å². The first-order valence-electron chi connectivity index (χ1n) is 10.3. The van der Waals surface area contributed by atoms with Crippen molar-refractivity contribution in [3.05, 3.63) is 59.4 Å². The molecule has 0 bridgehead atoms. The predicted octanol–water partition coefficient (Wildman–Crippen LogP) is 1.57. The van der Waals surface area contributed by atoms with Gasteiger partial charge in [0.25, 0.3) is 0 Å². The molecule has 2 N–H and O–H groups in total. The number of pyridine rings is 1. The van der Waals surface area contributed by atoms with E-state index in [9.17, 15) is 18.3 Å². The fourth-order valence-electron chi connectivity index (χ4n) is 3.82. The molecule has 2 unspecified atom stereocenters. The Labute approximate surface area is 184 Å². The summed E-state index contributed by atoms with van der Waals surface area (Å²) in [7, 11) is -1.60. The lowest BCUT2D eigenvalue weighted by Crippen LogP contribution is -2.39. The molecular weight excluding hydrogens is 416 g/mol. The summed E-state index contributed by atoms with van der Waals surface area (Å²) in [5.41, 5.74) is 2.73. The smallest absolute Gasteiger partial charge is 0.229 e. The van der Waals surface area contributed by atoms with E-state index in [1.807, 2.05) is 30.3 Å². The lowest BCUT2D eigenvalue weighted by Gasteiger charge is -2.32. The first kappa shape index (κ1) is 23.2. The van der Waals surface area contributed by atoms with Gasteiger partial charge in [-0.25, -0.2) is 8.42 Å². The minimum absolute atomic E-state index is 0.0793. The van der Waals surface area contributed by atoms with E-state index in [2.05, 4.69) is 14.6 Å². The van der Waals surface area contributed by atoms with Gasteiger partial charge >= 0.3 is 0 Å². The fourth-order valence-corrected chi connectivity index (χ4v) is 4.43. The van der Waals surface area contributed by atoms with Gasteiger partial charge < -0.3 is 10.0 Å². The molecule has 168 valence electrons. The summed E-state index contributed by atoms with van der Waals surface area (Å²) in [5.74, 6) is -0.0793. The summed E-state index contributed by atoms with van der Waals surface area (Å²) < 4.78 is 25.3. The molecule has 0 radical (unpaired) electrons. The van der Waals surface area contributed by atoms with Crippen LogP contribution in [0.3, 0.4) is 0 Å². The Balaban J connectivity index is 1.74. The molecule has 0 saturated carbocycles. The van der Waals surface area contributed by atoms with Crippen molar-refractivity contribution in [1.82, 2.24) is 14.8 Å². The van der Waals surface area contributed by atoms with Crippen LogP contribution in [0.2, 0.25) is 0 Å². The third-order valence-electron chi connectivity index (χ3n) is 5.52. The van der Waals surface area contributed by atoms with Crippen molar-refractivity contribution in [2.75, 3.05) is 37.7 Å². The van der Waals surface area contributed by atoms with E-state index >= 15 is 0 Å². The van der Waals surface area contributed by atoms with Crippen LogP contribution in [0, 0.1) is 6.92 Å². The molecular formula is C22H30N4O4S. The summed E-state index contributed by atoms with van der Waals surface area (Å²) in [5, 5.41) is 9.87. The second-order valence-corrected chi connectivity index (χ2v) is 9.92. The lowest BCUT2D eigenvalue weighted by atomic mass is 10.0. The van der Waals surface area contributed by atoms with Crippen molar-refractivity contribution in [1.29, 1.82) is 0 Å². The summed E-state index contributed by atoms with van der Waals surface area (Å²) in [6, 6.07) is 11.5. The van der Waals surface area contributed by atoms with Crippen LogP contribution in [-0.4, -0.2) is 73.3 Å². The maximum Gasteiger partial charge on any atom is 0.229 e. The summed E-state index contributed by atoms with van der Waals surface area (Å²) in [6.45, 7) is 3.84. The van der Waals surface area contributed by atoms with Crippen molar-refractivity contribution >= 4 is 21.6 Å². The first-order valence-corrected chi connectivity index (χ1v) is 12.2. The number of aliphatic hydroxyl groups excluding tert-OH is 1. The van der Waals surface area contributed by atoms with Crippen LogP contribution >= 0.6 is 0 Å². The molecule has 9 heteroatoms. The maximum atomic E-state index is 13.1. The Bertz CT molecular complexity index is 1010. The molecule has 1 saturated heterocycles. The van der Waals surface area contributed by atoms with Crippen molar-refractivity contribution in [3.63, 3.8) is 0 Å². The molecule has 1 fully saturated rings. The maximum absolute atomic E-state index is 13.1. The van der Waals surface area contributed by atoms with Crippen LogP contribution in [0.25, 0.3) is 0 Å². The summed E-state index contributed by atoms with van der Waals surface area (Å²) in [4.78, 5) is 21.3. The summed E-state index contributed by atoms with van der Waals surface area (Å²) >= 11 is 0. The number of benzene rings is 1. The van der Waals surface area contributed by atoms with Gasteiger partial charge in [0.05, 0.1) is 42.4 Å². The van der Waals surface area contributed by atoms with Crippen molar-refractivity contribution in [3.8, 4) is 0 Å². The minimum atomic E-state index is -3.39. The number of likely N-dealkylation sites (tertiary alicyclic amines) is 1. The molecule has 0 aliphatic carbocycles. The monoisotopic (exact) mass is 446 g/mol. The van der Waals surface area contributed by atoms with Gasteiger partial charge in [0.15, 0.2) is 0 Å². The van der Waals surface area contributed by atoms with Gasteiger partial charge in [-0.3, -0.25) is 19.4 Å². The number of carbonyl (C=O) groups excluding carboxylic acids is 1. The molecule has 3 rings (SSSR count). The number of aromatic nitrogens is 1. The zero-order chi connectivity index (χ0) is 22.6. The average molecular weight is 447 g/mol. The number of hydrogen-bond donors (Lipinski definition) is 2. The quantitative estimate of drug-likeness (QED) is 0.638. The van der Waals surface area contributed by atoms with Crippen molar-refractivity contribution < 1.29 is 18.3 Å². The number of nitrogens with one attached hydrogen (secondary N) is 1. The third-order valence-corrected chi connectivity index (χ3v) is 6.11. The number of aliphatic hydroxyl groups is 1. The van der Waals surface area contributed by atoms with Crippen LogP contribution in [0.15, 0.2) is 42.6 Å². The molecule has 8 nitrogen and oxygen atoms in total. The number of likely N-dealkylation sites (N-methyl/N-ethyl adjacent to an activating group) is 1. The number of rotatable bonds is 8. The number of nitrogens with zero attached hydrogens (tertiary/aromatic N) is 3. The largest absolute Gasteiger partial charge is 0.392 e. The van der Waals surface area contributed by atoms with E-state index in [1.54, 1.807) is 24.9 Å². The molecule has 1 aromatic heterocycles. The van der Waals surface area contributed by atoms with Crippen molar-refractivity contribution in [2.24, 2.45) is 0 Å². The van der Waals surface area contributed by atoms with E-state index in [0.29, 0.717) is 30.0 Å². The molecule has 1 aliphatic rings. The molecule has 31 heavy (non-hydrogen) atoms. The number of sulfonamides is 1. The van der Waals surface area contributed by atoms with Crippen molar-refractivity contribution in [2.45, 2.75) is 31.9 Å². The highest BCUT2D eigenvalue weighted by Gasteiger charge is 2.28. The molecule has 2 heterocycles. The van der Waals surface area contributed by atoms with Crippen LogP contribution in [0.5, 0.6) is 0 Å². The van der Waals surface area contributed by atoms with Gasteiger partial charge in [-0.2, -0.15) is 0 Å². The zero-order valence-corrected chi connectivity index (χ0v) is 19.0. The van der Waals surface area contributed by atoms with Gasteiger partial charge in [0.1, 0.15) is 0 Å². The highest BCUT2D eigenvalue weighted by molar-refractivity contribution is 7.92. The molecule has 1 amide bonds. The highest BCUT2D eigenvalue weighted by Crippen LogP contribution is 2.24. The van der Waals surface area contributed by atoms with E-state index in [1.165, 1.54) is 6.20 Å². The Morgan fingerprint density at radius 1 is 1.35 bits per heavy atom. The minimum Gasteiger partial charge on any atom is -0.392 e. The molecule has 0 spiro atoms. The predicted molar refractivity (Wildman–Crippen MR) is 120 cm³/mol.